The molecule has 0 bridgehead atoms. The lowest BCUT2D eigenvalue weighted by Crippen LogP contribution is -2.20. The van der Waals surface area contributed by atoms with Crippen molar-refractivity contribution >= 4 is 34.1 Å². The first kappa shape index (κ1) is 48.6. The van der Waals surface area contributed by atoms with Crippen molar-refractivity contribution < 1.29 is 0 Å². The molecule has 0 aliphatic rings. The molecule has 0 fully saturated rings. The van der Waals surface area contributed by atoms with Gasteiger partial charge in [-0.1, -0.05) is 227 Å². The second-order valence-corrected chi connectivity index (χ2v) is 22.5. The highest BCUT2D eigenvalue weighted by Gasteiger charge is 2.27. The summed E-state index contributed by atoms with van der Waals surface area (Å²) in [4.78, 5) is 4.84. The molecule has 0 amide bonds. The molecule has 9 rings (SSSR count). The monoisotopic (exact) mass is 927 g/mol. The summed E-state index contributed by atoms with van der Waals surface area (Å²) in [5.74, 6) is 0. The minimum Gasteiger partial charge on any atom is -0.310 e. The molecular formula is C69H70N2. The second kappa shape index (κ2) is 19.4. The Morgan fingerprint density at radius 2 is 0.479 bits per heavy atom. The lowest BCUT2D eigenvalue weighted by molar-refractivity contribution is 0.590. The fourth-order valence-corrected chi connectivity index (χ4v) is 9.92. The van der Waals surface area contributed by atoms with Crippen molar-refractivity contribution in [3.05, 3.63) is 263 Å². The summed E-state index contributed by atoms with van der Waals surface area (Å²) >= 11 is 0. The quantitative estimate of drug-likeness (QED) is 0.120. The zero-order valence-corrected chi connectivity index (χ0v) is 43.8. The van der Waals surface area contributed by atoms with Gasteiger partial charge < -0.3 is 9.80 Å². The van der Waals surface area contributed by atoms with Crippen molar-refractivity contribution in [2.75, 3.05) is 9.80 Å². The Labute approximate surface area is 425 Å². The largest absolute Gasteiger partial charge is 0.310 e. The average Bonchev–Trinajstić information content (AvgIpc) is 3.37. The molecule has 9 aromatic rings. The minimum absolute atomic E-state index is 0.0459. The summed E-state index contributed by atoms with van der Waals surface area (Å²) in [6.07, 6.45) is 0. The maximum Gasteiger partial charge on any atom is 0.0485 e. The molecule has 0 aromatic heterocycles. The van der Waals surface area contributed by atoms with Crippen LogP contribution in [-0.2, 0) is 21.7 Å². The highest BCUT2D eigenvalue weighted by atomic mass is 15.2. The van der Waals surface area contributed by atoms with Crippen molar-refractivity contribution in [1.29, 1.82) is 0 Å². The van der Waals surface area contributed by atoms with E-state index >= 15 is 0 Å². The SMILES string of the molecule is Cc1cc(N(c2ccc(C(C)(C)C)cc2)c2ccc(C(C)(C)C)cc2)cc(N(c2ccc(C(C)(C)c3ccc(-c4ccccc4)cc3)cc2)c2ccc(C(C)(C)c3ccc(-c4ccccc4)cc3)cc2)c1. The third-order valence-corrected chi connectivity index (χ3v) is 14.7. The lowest BCUT2D eigenvalue weighted by atomic mass is 9.77. The van der Waals surface area contributed by atoms with Gasteiger partial charge in [-0.3, -0.25) is 0 Å². The Balaban J connectivity index is 1.13. The third-order valence-electron chi connectivity index (χ3n) is 14.7. The van der Waals surface area contributed by atoms with Crippen LogP contribution in [0.15, 0.2) is 224 Å². The van der Waals surface area contributed by atoms with Crippen LogP contribution in [0.5, 0.6) is 0 Å². The zero-order valence-electron chi connectivity index (χ0n) is 43.8. The van der Waals surface area contributed by atoms with Crippen LogP contribution in [0.25, 0.3) is 22.3 Å². The van der Waals surface area contributed by atoms with Gasteiger partial charge in [-0.2, -0.15) is 0 Å². The number of benzene rings is 9. The topological polar surface area (TPSA) is 6.48 Å². The molecule has 0 atom stereocenters. The maximum absolute atomic E-state index is 2.43. The second-order valence-electron chi connectivity index (χ2n) is 22.5. The molecule has 0 aliphatic carbocycles. The van der Waals surface area contributed by atoms with E-state index in [0.29, 0.717) is 0 Å². The minimum atomic E-state index is -0.215. The van der Waals surface area contributed by atoms with Crippen LogP contribution >= 0.6 is 0 Å². The molecule has 9 aromatic carbocycles. The van der Waals surface area contributed by atoms with Crippen LogP contribution in [0.2, 0.25) is 0 Å². The standard InChI is InChI=1S/C69H70N2/c1-49-46-64(70(60-38-30-54(31-39-60)66(2,3)4)61-40-32-55(33-41-61)67(5,6)7)48-65(47-49)71(62-42-34-58(35-43-62)68(8,9)56-26-22-52(23-27-56)50-18-14-12-15-19-50)63-44-36-59(37-45-63)69(10,11)57-28-24-53(25-29-57)51-20-16-13-17-21-51/h12-48H,1-11H3. The van der Waals surface area contributed by atoms with Crippen LogP contribution in [0, 0.1) is 6.92 Å². The van der Waals surface area contributed by atoms with E-state index in [2.05, 4.69) is 310 Å². The number of rotatable bonds is 12. The average molecular weight is 927 g/mol. The van der Waals surface area contributed by atoms with E-state index in [1.165, 1.54) is 61.2 Å². The van der Waals surface area contributed by atoms with Crippen molar-refractivity contribution in [3.63, 3.8) is 0 Å². The summed E-state index contributed by atoms with van der Waals surface area (Å²) in [6, 6.07) is 83.2. The molecule has 71 heavy (non-hydrogen) atoms. The Morgan fingerprint density at radius 3 is 0.746 bits per heavy atom. The number of hydrogen-bond acceptors (Lipinski definition) is 2. The zero-order chi connectivity index (χ0) is 50.1. The number of aryl methyl sites for hydroxylation is 1. The van der Waals surface area contributed by atoms with Gasteiger partial charge in [0, 0.05) is 45.0 Å². The van der Waals surface area contributed by atoms with E-state index in [1.807, 2.05) is 0 Å². The van der Waals surface area contributed by atoms with Crippen LogP contribution in [0.1, 0.15) is 108 Å². The van der Waals surface area contributed by atoms with Crippen molar-refractivity contribution in [2.45, 2.75) is 97.8 Å². The highest BCUT2D eigenvalue weighted by molar-refractivity contribution is 5.84. The van der Waals surface area contributed by atoms with Gasteiger partial charge in [0.2, 0.25) is 0 Å². The van der Waals surface area contributed by atoms with Gasteiger partial charge in [0.1, 0.15) is 0 Å². The molecule has 0 unspecified atom stereocenters. The summed E-state index contributed by atoms with van der Waals surface area (Å²) in [5.41, 5.74) is 20.1. The predicted molar refractivity (Wildman–Crippen MR) is 306 cm³/mol. The summed E-state index contributed by atoms with van der Waals surface area (Å²) in [7, 11) is 0. The van der Waals surface area contributed by atoms with E-state index in [1.54, 1.807) is 0 Å². The third kappa shape index (κ3) is 10.4. The predicted octanol–water partition coefficient (Wildman–Crippen LogP) is 19.5. The first-order chi connectivity index (χ1) is 33.9. The molecular weight excluding hydrogens is 857 g/mol. The summed E-state index contributed by atoms with van der Waals surface area (Å²) in [5, 5.41) is 0. The normalized spacial score (nSPS) is 12.2. The fraction of sp³-hybridized carbons (Fsp3) is 0.217. The van der Waals surface area contributed by atoms with Crippen LogP contribution in [0.3, 0.4) is 0 Å². The van der Waals surface area contributed by atoms with Crippen molar-refractivity contribution in [2.24, 2.45) is 0 Å². The maximum atomic E-state index is 2.43. The number of anilines is 6. The molecule has 2 nitrogen and oxygen atoms in total. The number of nitrogens with zero attached hydrogens (tertiary/aromatic N) is 2. The summed E-state index contributed by atoms with van der Waals surface area (Å²) < 4.78 is 0. The Kier molecular flexibility index (Phi) is 13.3. The molecule has 356 valence electrons. The Morgan fingerprint density at radius 1 is 0.239 bits per heavy atom. The van der Waals surface area contributed by atoms with E-state index in [0.717, 1.165) is 34.1 Å². The van der Waals surface area contributed by atoms with Crippen LogP contribution in [-0.4, -0.2) is 0 Å². The van der Waals surface area contributed by atoms with Gasteiger partial charge in [0.15, 0.2) is 0 Å². The molecule has 0 aliphatic heterocycles. The highest BCUT2D eigenvalue weighted by Crippen LogP contribution is 2.44. The van der Waals surface area contributed by atoms with Gasteiger partial charge in [0.05, 0.1) is 0 Å². The number of hydrogen-bond donors (Lipinski definition) is 0. The fourth-order valence-electron chi connectivity index (χ4n) is 9.92. The van der Waals surface area contributed by atoms with Crippen LogP contribution in [0.4, 0.5) is 34.1 Å². The molecule has 0 spiro atoms. The van der Waals surface area contributed by atoms with E-state index < -0.39 is 0 Å². The van der Waals surface area contributed by atoms with Gasteiger partial charge in [-0.25, -0.2) is 0 Å². The molecule has 2 heteroatoms. The van der Waals surface area contributed by atoms with E-state index in [9.17, 15) is 0 Å². The molecule has 0 saturated carbocycles. The molecule has 0 heterocycles. The first-order valence-electron chi connectivity index (χ1n) is 25.3. The smallest absolute Gasteiger partial charge is 0.0485 e. The van der Waals surface area contributed by atoms with Crippen molar-refractivity contribution in [1.82, 2.24) is 0 Å². The molecule has 0 N–H and O–H groups in total. The van der Waals surface area contributed by atoms with Gasteiger partial charge in [0.25, 0.3) is 0 Å². The lowest BCUT2D eigenvalue weighted by Gasteiger charge is -2.32. The van der Waals surface area contributed by atoms with Gasteiger partial charge in [-0.05, 0) is 146 Å². The van der Waals surface area contributed by atoms with Crippen LogP contribution < -0.4 is 9.80 Å². The van der Waals surface area contributed by atoms with Gasteiger partial charge >= 0.3 is 0 Å². The van der Waals surface area contributed by atoms with Crippen molar-refractivity contribution in [3.8, 4) is 22.3 Å². The molecule has 0 radical (unpaired) electrons. The Hall–Kier alpha value is -7.42. The first-order valence-corrected chi connectivity index (χ1v) is 25.3. The van der Waals surface area contributed by atoms with E-state index in [4.69, 9.17) is 0 Å². The Bertz CT molecular complexity index is 2990. The molecule has 0 saturated heterocycles. The van der Waals surface area contributed by atoms with E-state index in [-0.39, 0.29) is 21.7 Å². The summed E-state index contributed by atoms with van der Waals surface area (Å²) in [6.45, 7) is 25.2. The van der Waals surface area contributed by atoms with Gasteiger partial charge in [-0.15, -0.1) is 0 Å².